The molecule has 10 rings (SSSR count). The van der Waals surface area contributed by atoms with Gasteiger partial charge in [0, 0.05) is 107 Å². The highest BCUT2D eigenvalue weighted by atomic mass is 32.1. The molecule has 21 heteroatoms. The number of carbonyl (C=O) groups is 2. The topological polar surface area (TPSA) is 245 Å². The summed E-state index contributed by atoms with van der Waals surface area (Å²) in [5.41, 5.74) is 14.0. The van der Waals surface area contributed by atoms with Gasteiger partial charge in [0.1, 0.15) is 30.9 Å². The molecule has 2 unspecified atom stereocenters. The van der Waals surface area contributed by atoms with E-state index >= 15 is 0 Å². The molecule has 2 aromatic carbocycles. The van der Waals surface area contributed by atoms with E-state index in [2.05, 4.69) is 56.3 Å². The van der Waals surface area contributed by atoms with Gasteiger partial charge in [0.25, 0.3) is 5.88 Å². The molecular weight excluding hydrogens is 977 g/mol. The number of nitrogens with one attached hydrogen (secondary N) is 1. The quantitative estimate of drug-likeness (QED) is 0.0736. The number of para-hydroxylation sites is 1. The molecule has 20 nitrogen and oxygen atoms in total. The summed E-state index contributed by atoms with van der Waals surface area (Å²) in [7, 11) is 0. The highest BCUT2D eigenvalue weighted by Gasteiger charge is 2.44. The first-order chi connectivity index (χ1) is 36.4. The minimum Gasteiger partial charge on any atom is -0.507 e. The SMILES string of the molecule is Cc1ncsc1-c1ccc([C@H](CO)NC(=O)[C@@H]2C[C@@H](O)CN2C(=O)[C@H](c2cc(OCCN3CCN(CCOc4cc(N5C6CCC5CN(c5cc(-c7ccccc7O)nnc5N)C6)ccn4)CC3)no2)C(C)C)cc1. The van der Waals surface area contributed by atoms with Crippen molar-refractivity contribution in [3.05, 3.63) is 102 Å². The lowest BCUT2D eigenvalue weighted by Crippen LogP contribution is -2.54. The van der Waals surface area contributed by atoms with Gasteiger partial charge in [-0.05, 0) is 66.2 Å². The lowest BCUT2D eigenvalue weighted by Gasteiger charge is -2.43. The summed E-state index contributed by atoms with van der Waals surface area (Å²) in [4.78, 5) is 48.9. The van der Waals surface area contributed by atoms with E-state index in [1.165, 1.54) is 4.90 Å². The van der Waals surface area contributed by atoms with Crippen molar-refractivity contribution >= 4 is 40.3 Å². The predicted molar refractivity (Wildman–Crippen MR) is 284 cm³/mol. The van der Waals surface area contributed by atoms with Crippen molar-refractivity contribution < 1.29 is 38.9 Å². The van der Waals surface area contributed by atoms with Crippen LogP contribution in [0.2, 0.25) is 0 Å². The van der Waals surface area contributed by atoms with Gasteiger partial charge < -0.3 is 55.1 Å². The first kappa shape index (κ1) is 51.6. The van der Waals surface area contributed by atoms with E-state index in [0.29, 0.717) is 54.0 Å². The van der Waals surface area contributed by atoms with Gasteiger partial charge in [0.05, 0.1) is 46.2 Å². The number of piperazine rings is 2. The number of thiazole rings is 1. The van der Waals surface area contributed by atoms with Crippen molar-refractivity contribution in [3.63, 3.8) is 0 Å². The zero-order valence-corrected chi connectivity index (χ0v) is 43.4. The normalized spacial score (nSPS) is 20.9. The number of benzene rings is 2. The van der Waals surface area contributed by atoms with Crippen molar-refractivity contribution in [2.75, 3.05) is 94.3 Å². The predicted octanol–water partition coefficient (Wildman–Crippen LogP) is 4.73. The maximum absolute atomic E-state index is 14.3. The molecule has 4 saturated heterocycles. The maximum Gasteiger partial charge on any atom is 0.254 e. The number of nitrogens with zero attached hydrogens (tertiary/aromatic N) is 10. The molecule has 2 bridgehead atoms. The number of phenols is 1. The molecule has 0 radical (unpaired) electrons. The fraction of sp³-hybridized carbons (Fsp3) is 0.463. The number of aromatic hydroxyl groups is 1. The number of rotatable bonds is 19. The van der Waals surface area contributed by atoms with E-state index in [-0.39, 0.29) is 55.1 Å². The van der Waals surface area contributed by atoms with E-state index in [1.54, 1.807) is 35.0 Å². The van der Waals surface area contributed by atoms with E-state index in [0.717, 1.165) is 86.2 Å². The van der Waals surface area contributed by atoms with Crippen LogP contribution in [0.3, 0.4) is 0 Å². The van der Waals surface area contributed by atoms with E-state index < -0.39 is 30.0 Å². The molecule has 6 aromatic rings. The molecule has 2 amide bonds. The molecule has 0 saturated carbocycles. The zero-order valence-electron chi connectivity index (χ0n) is 42.6. The molecule has 4 aliphatic rings. The number of aliphatic hydroxyl groups is 2. The number of aromatic nitrogens is 5. The summed E-state index contributed by atoms with van der Waals surface area (Å²) < 4.78 is 18.0. The van der Waals surface area contributed by atoms with Gasteiger partial charge in [-0.15, -0.1) is 21.5 Å². The third-order valence-electron chi connectivity index (χ3n) is 15.0. The number of nitrogens with two attached hydrogens (primary N) is 1. The minimum atomic E-state index is -0.940. The Hall–Kier alpha value is -6.91. The Morgan fingerprint density at radius 1 is 0.893 bits per heavy atom. The number of anilines is 3. The van der Waals surface area contributed by atoms with Crippen molar-refractivity contribution in [1.82, 2.24) is 45.3 Å². The Kier molecular flexibility index (Phi) is 15.8. The van der Waals surface area contributed by atoms with Crippen LogP contribution < -0.4 is 30.3 Å². The number of hydrogen-bond donors (Lipinski definition) is 5. The molecule has 4 aromatic heterocycles. The summed E-state index contributed by atoms with van der Waals surface area (Å²) in [5, 5.41) is 47.1. The molecule has 6 N–H and O–H groups in total. The Morgan fingerprint density at radius 2 is 1.60 bits per heavy atom. The second kappa shape index (κ2) is 22.9. The van der Waals surface area contributed by atoms with Crippen LogP contribution in [0.25, 0.3) is 21.7 Å². The molecule has 396 valence electrons. The lowest BCUT2D eigenvalue weighted by molar-refractivity contribution is -0.141. The molecule has 8 heterocycles. The minimum absolute atomic E-state index is 0.00822. The molecule has 75 heavy (non-hydrogen) atoms. The number of carbonyl (C=O) groups excluding carboxylic acids is 2. The largest absolute Gasteiger partial charge is 0.507 e. The van der Waals surface area contributed by atoms with Crippen molar-refractivity contribution in [2.24, 2.45) is 5.92 Å². The Balaban J connectivity index is 0.659. The number of ether oxygens (including phenoxy) is 2. The van der Waals surface area contributed by atoms with Crippen LogP contribution in [-0.4, -0.2) is 170 Å². The summed E-state index contributed by atoms with van der Waals surface area (Å²) in [6.07, 6.45) is 3.12. The van der Waals surface area contributed by atoms with Crippen LogP contribution in [0.15, 0.2) is 89.0 Å². The standard InChI is InChI=1S/C54H66N12O8S/c1-33(2)50(54(71)65-30-40(68)25-45(65)53(70)58-43(31-67)35-8-10-36(11-9-35)51-34(3)57-32-75-51)47-27-49(61-74-47)73-23-21-63-18-16-62(17-19-63)20-22-72-48-24-37(14-15-56-48)66-38-12-13-39(66)29-64(28-38)44-26-42(59-60-52(44)55)41-6-4-5-7-46(41)69/h4-11,14-15,24,26-27,32-33,38-40,43,45,50,67-69H,12-13,16-23,25,28-31H2,1-3H3,(H2,55,60)(H,58,70)/t38?,39?,40-,43+,45+,50+/m1/s1. The number of β-amino-alcohol motifs (C(OH)–C–C–N with tert-alkyl or cyclic N) is 1. The van der Waals surface area contributed by atoms with Gasteiger partial charge in [0.2, 0.25) is 17.7 Å². The highest BCUT2D eigenvalue weighted by Crippen LogP contribution is 2.40. The number of amides is 2. The molecule has 6 atom stereocenters. The number of likely N-dealkylation sites (tertiary alicyclic amines) is 1. The van der Waals surface area contributed by atoms with Crippen LogP contribution in [0, 0.1) is 12.8 Å². The number of phenolic OH excluding ortho intramolecular Hbond substituents is 1. The fourth-order valence-electron chi connectivity index (χ4n) is 11.1. The highest BCUT2D eigenvalue weighted by molar-refractivity contribution is 7.13. The monoisotopic (exact) mass is 1040 g/mol. The van der Waals surface area contributed by atoms with Crippen molar-refractivity contribution in [2.45, 2.75) is 76.2 Å². The molecule has 0 spiro atoms. The Bertz CT molecular complexity index is 2900. The van der Waals surface area contributed by atoms with Crippen molar-refractivity contribution in [1.29, 1.82) is 0 Å². The van der Waals surface area contributed by atoms with Gasteiger partial charge in [-0.25, -0.2) is 9.97 Å². The van der Waals surface area contributed by atoms with Gasteiger partial charge in [0.15, 0.2) is 11.6 Å². The van der Waals surface area contributed by atoms with Gasteiger partial charge in [-0.2, -0.15) is 0 Å². The number of aryl methyl sites for hydroxylation is 1. The molecule has 4 fully saturated rings. The van der Waals surface area contributed by atoms with E-state index in [1.807, 2.05) is 75.5 Å². The number of aliphatic hydroxyl groups excluding tert-OH is 2. The number of fused-ring (bicyclic) bond motifs is 2. The van der Waals surface area contributed by atoms with Crippen LogP contribution >= 0.6 is 11.3 Å². The summed E-state index contributed by atoms with van der Waals surface area (Å²) in [5.74, 6) is -0.0672. The first-order valence-electron chi connectivity index (χ1n) is 25.9. The summed E-state index contributed by atoms with van der Waals surface area (Å²) in [6.45, 7) is 12.8. The van der Waals surface area contributed by atoms with Crippen LogP contribution in [-0.2, 0) is 9.59 Å². The van der Waals surface area contributed by atoms with Crippen molar-refractivity contribution in [3.8, 4) is 39.2 Å². The second-order valence-electron chi connectivity index (χ2n) is 20.3. The molecular formula is C54H66N12O8S. The number of nitrogen functional groups attached to an aromatic ring is 1. The average Bonchev–Trinajstić information content (AvgIpc) is 4.22. The fourth-order valence-corrected chi connectivity index (χ4v) is 11.9. The summed E-state index contributed by atoms with van der Waals surface area (Å²) >= 11 is 1.55. The van der Waals surface area contributed by atoms with Gasteiger partial charge in [-0.1, -0.05) is 50.2 Å². The molecule has 4 aliphatic heterocycles. The lowest BCUT2D eigenvalue weighted by atomic mass is 9.91. The maximum atomic E-state index is 14.3. The van der Waals surface area contributed by atoms with E-state index in [4.69, 9.17) is 19.7 Å². The Labute approximate surface area is 440 Å². The number of pyridine rings is 1. The average molecular weight is 1040 g/mol. The summed E-state index contributed by atoms with van der Waals surface area (Å²) in [6, 6.07) is 21.3. The van der Waals surface area contributed by atoms with E-state index in [9.17, 15) is 24.9 Å². The second-order valence-corrected chi connectivity index (χ2v) is 21.1. The van der Waals surface area contributed by atoms with Gasteiger partial charge >= 0.3 is 0 Å². The van der Waals surface area contributed by atoms with Gasteiger partial charge in [-0.3, -0.25) is 19.4 Å². The Morgan fingerprint density at radius 3 is 2.27 bits per heavy atom. The third-order valence-corrected chi connectivity index (χ3v) is 16.0. The van der Waals surface area contributed by atoms with Crippen LogP contribution in [0.4, 0.5) is 17.2 Å². The smallest absolute Gasteiger partial charge is 0.254 e. The van der Waals surface area contributed by atoms with Crippen LogP contribution in [0.1, 0.15) is 62.1 Å². The zero-order chi connectivity index (χ0) is 52.2. The molecule has 0 aliphatic carbocycles. The first-order valence-corrected chi connectivity index (χ1v) is 26.8. The van der Waals surface area contributed by atoms with Crippen LogP contribution in [0.5, 0.6) is 17.5 Å². The number of hydrogen-bond acceptors (Lipinski definition) is 19. The third kappa shape index (κ3) is 11.5.